The van der Waals surface area contributed by atoms with Gasteiger partial charge in [0.05, 0.1) is 15.7 Å². The van der Waals surface area contributed by atoms with Crippen molar-refractivity contribution in [3.8, 4) is 0 Å². The van der Waals surface area contributed by atoms with Gasteiger partial charge in [0.1, 0.15) is 5.82 Å². The van der Waals surface area contributed by atoms with Crippen molar-refractivity contribution < 1.29 is 12.8 Å². The molecule has 0 aromatic heterocycles. The molecule has 1 heterocycles. The van der Waals surface area contributed by atoms with Crippen LogP contribution in [0.15, 0.2) is 12.1 Å². The standard InChI is InChI=1S/C12H16Cl2FN3O2S/c13-10-5-9(15)6-11(14)12(10)17-21(19,20)18-3-1-8(7-16)2-4-18/h5-6,8,17H,1-4,7,16H2. The van der Waals surface area contributed by atoms with Gasteiger partial charge in [0.25, 0.3) is 0 Å². The first-order valence-corrected chi connectivity index (χ1v) is 8.65. The Morgan fingerprint density at radius 3 is 2.29 bits per heavy atom. The highest BCUT2D eigenvalue weighted by atomic mass is 35.5. The lowest BCUT2D eigenvalue weighted by Gasteiger charge is -2.30. The van der Waals surface area contributed by atoms with E-state index in [0.29, 0.717) is 38.4 Å². The topological polar surface area (TPSA) is 75.4 Å². The van der Waals surface area contributed by atoms with Gasteiger partial charge in [-0.1, -0.05) is 23.2 Å². The Kier molecular flexibility index (Phi) is 5.32. The van der Waals surface area contributed by atoms with Crippen LogP contribution in [-0.4, -0.2) is 32.4 Å². The number of rotatable bonds is 4. The zero-order valence-corrected chi connectivity index (χ0v) is 13.5. The first kappa shape index (κ1) is 16.8. The summed E-state index contributed by atoms with van der Waals surface area (Å²) >= 11 is 11.7. The van der Waals surface area contributed by atoms with E-state index in [9.17, 15) is 12.8 Å². The van der Waals surface area contributed by atoms with Crippen molar-refractivity contribution >= 4 is 39.1 Å². The Bertz CT molecular complexity index is 596. The quantitative estimate of drug-likeness (QED) is 0.870. The second-order valence-corrected chi connectivity index (χ2v) is 7.41. The monoisotopic (exact) mass is 355 g/mol. The normalized spacial score (nSPS) is 17.9. The summed E-state index contributed by atoms with van der Waals surface area (Å²) in [6.45, 7) is 1.32. The smallest absolute Gasteiger partial charge is 0.301 e. The molecule has 1 saturated heterocycles. The van der Waals surface area contributed by atoms with E-state index in [1.807, 2.05) is 0 Å². The minimum atomic E-state index is -3.77. The van der Waals surface area contributed by atoms with Gasteiger partial charge in [-0.25, -0.2) is 4.39 Å². The number of piperidine rings is 1. The minimum absolute atomic E-state index is 0.0133. The summed E-state index contributed by atoms with van der Waals surface area (Å²) in [5.41, 5.74) is 5.57. The fourth-order valence-corrected chi connectivity index (χ4v) is 4.18. The summed E-state index contributed by atoms with van der Waals surface area (Å²) in [6.07, 6.45) is 1.42. The van der Waals surface area contributed by atoms with Gasteiger partial charge < -0.3 is 5.73 Å². The van der Waals surface area contributed by atoms with Crippen molar-refractivity contribution in [3.63, 3.8) is 0 Å². The average molecular weight is 356 g/mol. The molecule has 0 bridgehead atoms. The number of benzene rings is 1. The van der Waals surface area contributed by atoms with E-state index in [1.165, 1.54) is 4.31 Å². The Hall–Kier alpha value is -0.600. The van der Waals surface area contributed by atoms with Gasteiger partial charge >= 0.3 is 10.2 Å². The highest BCUT2D eigenvalue weighted by molar-refractivity contribution is 7.90. The van der Waals surface area contributed by atoms with E-state index in [1.54, 1.807) is 0 Å². The van der Waals surface area contributed by atoms with Crippen LogP contribution in [0.1, 0.15) is 12.8 Å². The number of halogens is 3. The fourth-order valence-electron chi connectivity index (χ4n) is 2.22. The third-order valence-corrected chi connectivity index (χ3v) is 5.59. The Morgan fingerprint density at radius 1 is 1.29 bits per heavy atom. The second kappa shape index (κ2) is 6.66. The van der Waals surface area contributed by atoms with E-state index in [4.69, 9.17) is 28.9 Å². The first-order valence-electron chi connectivity index (χ1n) is 6.46. The van der Waals surface area contributed by atoms with Gasteiger partial charge in [-0.3, -0.25) is 4.72 Å². The molecule has 0 atom stereocenters. The molecule has 5 nitrogen and oxygen atoms in total. The fraction of sp³-hybridized carbons (Fsp3) is 0.500. The number of nitrogens with two attached hydrogens (primary N) is 1. The zero-order chi connectivity index (χ0) is 15.6. The summed E-state index contributed by atoms with van der Waals surface area (Å²) in [4.78, 5) is 0. The van der Waals surface area contributed by atoms with Crippen LogP contribution in [0.5, 0.6) is 0 Å². The molecule has 0 radical (unpaired) electrons. The molecule has 1 aliphatic heterocycles. The molecule has 0 spiro atoms. The van der Waals surface area contributed by atoms with Crippen LogP contribution in [0.2, 0.25) is 10.0 Å². The molecule has 9 heteroatoms. The third-order valence-electron chi connectivity index (χ3n) is 3.48. The van der Waals surface area contributed by atoms with Gasteiger partial charge in [0, 0.05) is 13.1 Å². The Labute approximate surface area is 133 Å². The van der Waals surface area contributed by atoms with Gasteiger partial charge in [-0.05, 0) is 37.4 Å². The summed E-state index contributed by atoms with van der Waals surface area (Å²) in [6, 6.07) is 2.01. The van der Waals surface area contributed by atoms with Crippen LogP contribution < -0.4 is 10.5 Å². The molecule has 0 amide bonds. The van der Waals surface area contributed by atoms with Gasteiger partial charge in [0.2, 0.25) is 0 Å². The second-order valence-electron chi connectivity index (χ2n) is 4.93. The molecule has 118 valence electrons. The van der Waals surface area contributed by atoms with Crippen LogP contribution in [0, 0.1) is 11.7 Å². The SMILES string of the molecule is NCC1CCN(S(=O)(=O)Nc2c(Cl)cc(F)cc2Cl)CC1. The van der Waals surface area contributed by atoms with E-state index in [2.05, 4.69) is 4.72 Å². The molecule has 0 aliphatic carbocycles. The largest absolute Gasteiger partial charge is 0.330 e. The summed E-state index contributed by atoms with van der Waals surface area (Å²) in [5.74, 6) is -0.286. The average Bonchev–Trinajstić information content (AvgIpc) is 2.43. The number of hydrogen-bond acceptors (Lipinski definition) is 3. The molecule has 1 aromatic carbocycles. The molecule has 1 aliphatic rings. The van der Waals surface area contributed by atoms with E-state index < -0.39 is 16.0 Å². The summed E-state index contributed by atoms with van der Waals surface area (Å²) in [7, 11) is -3.77. The van der Waals surface area contributed by atoms with Gasteiger partial charge in [0.15, 0.2) is 0 Å². The molecular formula is C12H16Cl2FN3O2S. The molecule has 2 rings (SSSR count). The number of anilines is 1. The van der Waals surface area contributed by atoms with Crippen LogP contribution >= 0.6 is 23.2 Å². The molecule has 1 aromatic rings. The first-order chi connectivity index (χ1) is 9.83. The molecule has 0 unspecified atom stereocenters. The maximum Gasteiger partial charge on any atom is 0.301 e. The lowest BCUT2D eigenvalue weighted by atomic mass is 9.99. The Morgan fingerprint density at radius 2 is 1.81 bits per heavy atom. The predicted octanol–water partition coefficient (Wildman–Crippen LogP) is 2.46. The third kappa shape index (κ3) is 3.98. The minimum Gasteiger partial charge on any atom is -0.330 e. The maximum absolute atomic E-state index is 13.1. The summed E-state index contributed by atoms with van der Waals surface area (Å²) < 4.78 is 41.4. The lowest BCUT2D eigenvalue weighted by molar-refractivity contribution is 0.280. The highest BCUT2D eigenvalue weighted by Gasteiger charge is 2.28. The van der Waals surface area contributed by atoms with E-state index in [0.717, 1.165) is 12.1 Å². The van der Waals surface area contributed by atoms with Crippen molar-refractivity contribution in [1.29, 1.82) is 0 Å². The number of hydrogen-bond donors (Lipinski definition) is 2. The van der Waals surface area contributed by atoms with Gasteiger partial charge in [-0.15, -0.1) is 0 Å². The van der Waals surface area contributed by atoms with Crippen molar-refractivity contribution in [1.82, 2.24) is 4.31 Å². The van der Waals surface area contributed by atoms with Crippen molar-refractivity contribution in [2.75, 3.05) is 24.4 Å². The van der Waals surface area contributed by atoms with Gasteiger partial charge in [-0.2, -0.15) is 12.7 Å². The Balaban J connectivity index is 2.15. The van der Waals surface area contributed by atoms with Crippen molar-refractivity contribution in [2.45, 2.75) is 12.8 Å². The van der Waals surface area contributed by atoms with Crippen LogP contribution in [0.4, 0.5) is 10.1 Å². The van der Waals surface area contributed by atoms with Crippen molar-refractivity contribution in [2.24, 2.45) is 11.7 Å². The van der Waals surface area contributed by atoms with Crippen LogP contribution in [0.3, 0.4) is 0 Å². The molecule has 0 saturated carbocycles. The number of nitrogens with zero attached hydrogens (tertiary/aromatic N) is 1. The van der Waals surface area contributed by atoms with E-state index >= 15 is 0 Å². The molecular weight excluding hydrogens is 340 g/mol. The maximum atomic E-state index is 13.1. The highest BCUT2D eigenvalue weighted by Crippen LogP contribution is 2.33. The van der Waals surface area contributed by atoms with Crippen LogP contribution in [0.25, 0.3) is 0 Å². The lowest BCUT2D eigenvalue weighted by Crippen LogP contribution is -2.42. The van der Waals surface area contributed by atoms with Crippen LogP contribution in [-0.2, 0) is 10.2 Å². The molecule has 3 N–H and O–H groups in total. The predicted molar refractivity (Wildman–Crippen MR) is 82.3 cm³/mol. The zero-order valence-electron chi connectivity index (χ0n) is 11.2. The van der Waals surface area contributed by atoms with Crippen molar-refractivity contribution in [3.05, 3.63) is 28.0 Å². The molecule has 21 heavy (non-hydrogen) atoms. The summed E-state index contributed by atoms with van der Waals surface area (Å²) in [5, 5.41) is -0.166. The van der Waals surface area contributed by atoms with E-state index in [-0.39, 0.29) is 15.7 Å². The molecule has 1 fully saturated rings. The number of nitrogens with one attached hydrogen (secondary N) is 1.